The molecule has 0 N–H and O–H groups in total. The lowest BCUT2D eigenvalue weighted by molar-refractivity contribution is 0.324. The number of fused-ring (bicyclic) bond motifs is 1. The van der Waals surface area contributed by atoms with E-state index < -0.39 is 0 Å². The summed E-state index contributed by atoms with van der Waals surface area (Å²) >= 11 is 0. The van der Waals surface area contributed by atoms with Gasteiger partial charge in [0.05, 0.1) is 27.0 Å². The van der Waals surface area contributed by atoms with Crippen molar-refractivity contribution in [3.8, 4) is 39.6 Å². The molecule has 0 atom stereocenters. The van der Waals surface area contributed by atoms with E-state index in [2.05, 4.69) is 31.2 Å². The van der Waals surface area contributed by atoms with Gasteiger partial charge in [0.1, 0.15) is 5.65 Å². The molecule has 0 amide bonds. The summed E-state index contributed by atoms with van der Waals surface area (Å²) < 4.78 is 18.5. The van der Waals surface area contributed by atoms with Crippen molar-refractivity contribution in [2.45, 2.75) is 6.92 Å². The zero-order chi connectivity index (χ0) is 19.7. The lowest BCUT2D eigenvalue weighted by atomic mass is 10.1. The Labute approximate surface area is 164 Å². The monoisotopic (exact) mass is 374 g/mol. The highest BCUT2D eigenvalue weighted by Crippen LogP contribution is 2.42. The summed E-state index contributed by atoms with van der Waals surface area (Å²) in [5.41, 5.74) is 6.05. The molecule has 142 valence electrons. The summed E-state index contributed by atoms with van der Waals surface area (Å²) in [6, 6.07) is 16.3. The number of nitrogens with zero attached hydrogens (tertiary/aromatic N) is 2. The number of pyridine rings is 1. The zero-order valence-corrected chi connectivity index (χ0v) is 16.4. The van der Waals surface area contributed by atoms with Gasteiger partial charge in [-0.05, 0) is 36.8 Å². The van der Waals surface area contributed by atoms with Crippen LogP contribution in [0.3, 0.4) is 0 Å². The minimum absolute atomic E-state index is 0.574. The molecule has 0 spiro atoms. The molecule has 0 fully saturated rings. The van der Waals surface area contributed by atoms with E-state index in [1.165, 1.54) is 5.56 Å². The lowest BCUT2D eigenvalue weighted by Gasteiger charge is -2.14. The fourth-order valence-corrected chi connectivity index (χ4v) is 3.34. The van der Waals surface area contributed by atoms with Crippen molar-refractivity contribution >= 4 is 5.65 Å². The third-order valence-electron chi connectivity index (χ3n) is 4.81. The van der Waals surface area contributed by atoms with Crippen LogP contribution in [0.4, 0.5) is 0 Å². The van der Waals surface area contributed by atoms with Crippen LogP contribution < -0.4 is 14.2 Å². The van der Waals surface area contributed by atoms with E-state index in [1.54, 1.807) is 21.3 Å². The molecule has 28 heavy (non-hydrogen) atoms. The number of hydrogen-bond donors (Lipinski definition) is 0. The number of aryl methyl sites for hydroxylation is 1. The molecule has 4 aromatic rings. The number of benzene rings is 2. The third kappa shape index (κ3) is 3.05. The van der Waals surface area contributed by atoms with Crippen molar-refractivity contribution in [2.24, 2.45) is 0 Å². The van der Waals surface area contributed by atoms with Crippen molar-refractivity contribution < 1.29 is 14.2 Å². The number of rotatable bonds is 5. The molecule has 2 heterocycles. The zero-order valence-electron chi connectivity index (χ0n) is 16.4. The average molecular weight is 374 g/mol. The van der Waals surface area contributed by atoms with Gasteiger partial charge in [0.15, 0.2) is 11.5 Å². The van der Waals surface area contributed by atoms with Gasteiger partial charge in [-0.2, -0.15) is 0 Å². The van der Waals surface area contributed by atoms with Crippen LogP contribution >= 0.6 is 0 Å². The predicted molar refractivity (Wildman–Crippen MR) is 110 cm³/mol. The number of methoxy groups -OCH3 is 3. The van der Waals surface area contributed by atoms with Gasteiger partial charge < -0.3 is 18.6 Å². The highest BCUT2D eigenvalue weighted by Gasteiger charge is 2.16. The summed E-state index contributed by atoms with van der Waals surface area (Å²) in [5.74, 6) is 1.80. The Morgan fingerprint density at radius 2 is 1.50 bits per heavy atom. The molecule has 4 rings (SSSR count). The number of ether oxygens (including phenoxy) is 3. The molecule has 5 nitrogen and oxygen atoms in total. The maximum absolute atomic E-state index is 5.51. The molecule has 0 aliphatic rings. The summed E-state index contributed by atoms with van der Waals surface area (Å²) in [7, 11) is 4.84. The van der Waals surface area contributed by atoms with Crippen molar-refractivity contribution in [1.82, 2.24) is 9.38 Å². The van der Waals surface area contributed by atoms with Gasteiger partial charge in [-0.3, -0.25) is 0 Å². The molecular formula is C23H22N2O3. The maximum Gasteiger partial charge on any atom is 0.203 e. The quantitative estimate of drug-likeness (QED) is 0.493. The molecule has 0 saturated heterocycles. The largest absolute Gasteiger partial charge is 0.493 e. The van der Waals surface area contributed by atoms with Crippen LogP contribution in [0.5, 0.6) is 17.2 Å². The van der Waals surface area contributed by atoms with Gasteiger partial charge in [0.25, 0.3) is 0 Å². The van der Waals surface area contributed by atoms with Crippen LogP contribution in [-0.4, -0.2) is 30.7 Å². The topological polar surface area (TPSA) is 45.0 Å². The van der Waals surface area contributed by atoms with Gasteiger partial charge in [-0.25, -0.2) is 4.98 Å². The highest BCUT2D eigenvalue weighted by molar-refractivity contribution is 5.82. The Balaban J connectivity index is 1.89. The van der Waals surface area contributed by atoms with E-state index in [4.69, 9.17) is 19.2 Å². The molecular weight excluding hydrogens is 352 g/mol. The second kappa shape index (κ2) is 7.27. The van der Waals surface area contributed by atoms with E-state index in [1.807, 2.05) is 41.1 Å². The average Bonchev–Trinajstić information content (AvgIpc) is 3.17. The van der Waals surface area contributed by atoms with Crippen molar-refractivity contribution in [3.63, 3.8) is 0 Å². The fraction of sp³-hybridized carbons (Fsp3) is 0.174. The molecule has 0 saturated carbocycles. The van der Waals surface area contributed by atoms with E-state index in [0.717, 1.165) is 28.0 Å². The van der Waals surface area contributed by atoms with Gasteiger partial charge >= 0.3 is 0 Å². The molecule has 0 unspecified atom stereocenters. The smallest absolute Gasteiger partial charge is 0.203 e. The van der Waals surface area contributed by atoms with E-state index in [0.29, 0.717) is 17.2 Å². The Morgan fingerprint density at radius 3 is 2.11 bits per heavy atom. The van der Waals surface area contributed by atoms with Gasteiger partial charge in [-0.15, -0.1) is 0 Å². The summed E-state index contributed by atoms with van der Waals surface area (Å²) in [5, 5.41) is 0. The highest BCUT2D eigenvalue weighted by atomic mass is 16.5. The molecule has 0 bridgehead atoms. The van der Waals surface area contributed by atoms with Crippen molar-refractivity contribution in [3.05, 3.63) is 66.5 Å². The van der Waals surface area contributed by atoms with Crippen LogP contribution in [0.2, 0.25) is 0 Å². The Morgan fingerprint density at radius 1 is 0.821 bits per heavy atom. The molecule has 5 heteroatoms. The van der Waals surface area contributed by atoms with Gasteiger partial charge in [0.2, 0.25) is 5.75 Å². The van der Waals surface area contributed by atoms with Crippen molar-refractivity contribution in [2.75, 3.05) is 21.3 Å². The SMILES string of the molecule is COc1cc(-c2cccn3cc(-c4ccc(C)cc4)nc23)cc(OC)c1OC. The van der Waals surface area contributed by atoms with Gasteiger partial charge in [0, 0.05) is 23.5 Å². The first-order valence-electron chi connectivity index (χ1n) is 8.99. The predicted octanol–water partition coefficient (Wildman–Crippen LogP) is 5.00. The summed E-state index contributed by atoms with van der Waals surface area (Å²) in [6.45, 7) is 2.08. The maximum atomic E-state index is 5.51. The number of hydrogen-bond acceptors (Lipinski definition) is 4. The molecule has 2 aromatic heterocycles. The van der Waals surface area contributed by atoms with E-state index >= 15 is 0 Å². The first kappa shape index (κ1) is 17.9. The molecule has 2 aromatic carbocycles. The molecule has 0 radical (unpaired) electrons. The fourth-order valence-electron chi connectivity index (χ4n) is 3.34. The Kier molecular flexibility index (Phi) is 4.65. The first-order chi connectivity index (χ1) is 13.6. The molecule has 0 aliphatic carbocycles. The van der Waals surface area contributed by atoms with Gasteiger partial charge in [-0.1, -0.05) is 29.8 Å². The van der Waals surface area contributed by atoms with Crippen LogP contribution in [0.25, 0.3) is 28.0 Å². The normalized spacial score (nSPS) is 10.9. The molecule has 0 aliphatic heterocycles. The minimum atomic E-state index is 0.574. The second-order valence-corrected chi connectivity index (χ2v) is 6.56. The van der Waals surface area contributed by atoms with Crippen LogP contribution in [0.15, 0.2) is 60.9 Å². The second-order valence-electron chi connectivity index (χ2n) is 6.56. The first-order valence-corrected chi connectivity index (χ1v) is 8.99. The van der Waals surface area contributed by atoms with Crippen molar-refractivity contribution in [1.29, 1.82) is 0 Å². The summed E-state index contributed by atoms with van der Waals surface area (Å²) in [4.78, 5) is 4.89. The van der Waals surface area contributed by atoms with Crippen LogP contribution in [0.1, 0.15) is 5.56 Å². The minimum Gasteiger partial charge on any atom is -0.493 e. The number of aromatic nitrogens is 2. The summed E-state index contributed by atoms with van der Waals surface area (Å²) in [6.07, 6.45) is 4.04. The van der Waals surface area contributed by atoms with Crippen LogP contribution in [-0.2, 0) is 0 Å². The third-order valence-corrected chi connectivity index (χ3v) is 4.81. The van der Waals surface area contributed by atoms with E-state index in [-0.39, 0.29) is 0 Å². The van der Waals surface area contributed by atoms with E-state index in [9.17, 15) is 0 Å². The number of imidazole rings is 1. The standard InChI is InChI=1S/C23H22N2O3/c1-15-7-9-16(10-8-15)19-14-25-11-5-6-18(23(25)24-19)17-12-20(26-2)22(28-4)21(13-17)27-3/h5-14H,1-4H3. The Bertz CT molecular complexity index is 1110. The lowest BCUT2D eigenvalue weighted by Crippen LogP contribution is -1.96. The van der Waals surface area contributed by atoms with Crippen LogP contribution in [0, 0.1) is 6.92 Å². The Hall–Kier alpha value is -3.47.